The minimum absolute atomic E-state index is 0.198. The molecule has 9 heteroatoms. The molecule has 1 aliphatic heterocycles. The number of amides is 1. The van der Waals surface area contributed by atoms with Crippen LogP contribution in [0.3, 0.4) is 0 Å². The fourth-order valence-corrected chi connectivity index (χ4v) is 3.22. The van der Waals surface area contributed by atoms with Gasteiger partial charge in [0.15, 0.2) is 11.5 Å². The molecule has 0 saturated heterocycles. The molecular weight excluding hydrogens is 348 g/mol. The van der Waals surface area contributed by atoms with Crippen LogP contribution in [0.15, 0.2) is 36.4 Å². The van der Waals surface area contributed by atoms with Crippen molar-refractivity contribution in [3.8, 4) is 11.5 Å². The van der Waals surface area contributed by atoms with Crippen LogP contribution in [0.1, 0.15) is 6.92 Å². The maximum atomic E-state index is 12.3. The van der Waals surface area contributed by atoms with Crippen LogP contribution in [0, 0.1) is 0 Å². The number of imidazole rings is 1. The lowest BCUT2D eigenvalue weighted by Crippen LogP contribution is -2.24. The minimum atomic E-state index is -0.198. The number of nitrogens with one attached hydrogen (secondary N) is 1. The van der Waals surface area contributed by atoms with Gasteiger partial charge in [0.25, 0.3) is 5.78 Å². The first-order valence-electron chi connectivity index (χ1n) is 8.44. The highest BCUT2D eigenvalue weighted by Crippen LogP contribution is 2.35. The summed E-state index contributed by atoms with van der Waals surface area (Å²) in [5.74, 6) is 1.92. The van der Waals surface area contributed by atoms with Gasteiger partial charge in [-0.15, -0.1) is 0 Å². The van der Waals surface area contributed by atoms with Crippen molar-refractivity contribution in [1.82, 2.24) is 19.6 Å². The third kappa shape index (κ3) is 2.43. The summed E-state index contributed by atoms with van der Waals surface area (Å²) < 4.78 is 13.0. The molecule has 1 amide bonds. The number of ether oxygens (including phenoxy) is 2. The quantitative estimate of drug-likeness (QED) is 0.528. The van der Waals surface area contributed by atoms with Crippen molar-refractivity contribution in [2.24, 2.45) is 0 Å². The fraction of sp³-hybridized carbons (Fsp3) is 0.167. The molecule has 0 spiro atoms. The molecule has 9 nitrogen and oxygen atoms in total. The number of nitrogens with two attached hydrogens (primary N) is 1. The SMILES string of the molecule is CC(=O)N(c1cccc(N)c1)c1nc2nc3cc4c(cc3n2[nH]1)OCCO4. The molecule has 0 saturated carbocycles. The van der Waals surface area contributed by atoms with Gasteiger partial charge in [-0.3, -0.25) is 9.89 Å². The Bertz CT molecular complexity index is 1190. The second kappa shape index (κ2) is 5.63. The predicted molar refractivity (Wildman–Crippen MR) is 99.5 cm³/mol. The Morgan fingerprint density at radius 1 is 1.19 bits per heavy atom. The number of rotatable bonds is 2. The van der Waals surface area contributed by atoms with E-state index < -0.39 is 0 Å². The van der Waals surface area contributed by atoms with Gasteiger partial charge in [-0.1, -0.05) is 6.07 Å². The molecule has 0 bridgehead atoms. The van der Waals surface area contributed by atoms with E-state index in [1.165, 1.54) is 11.8 Å². The van der Waals surface area contributed by atoms with Crippen molar-refractivity contribution < 1.29 is 14.3 Å². The van der Waals surface area contributed by atoms with Gasteiger partial charge in [0.2, 0.25) is 11.9 Å². The molecule has 2 aromatic carbocycles. The molecule has 4 aromatic rings. The van der Waals surface area contributed by atoms with Gasteiger partial charge in [0.1, 0.15) is 13.2 Å². The number of anilines is 3. The summed E-state index contributed by atoms with van der Waals surface area (Å²) in [6, 6.07) is 10.7. The van der Waals surface area contributed by atoms with Gasteiger partial charge >= 0.3 is 0 Å². The van der Waals surface area contributed by atoms with Crippen LogP contribution in [0.4, 0.5) is 17.3 Å². The van der Waals surface area contributed by atoms with Crippen molar-refractivity contribution in [1.29, 1.82) is 0 Å². The molecule has 1 aliphatic rings. The number of nitrogens with zero attached hydrogens (tertiary/aromatic N) is 4. The number of nitrogen functional groups attached to an aromatic ring is 1. The van der Waals surface area contributed by atoms with E-state index in [-0.39, 0.29) is 5.91 Å². The summed E-state index contributed by atoms with van der Waals surface area (Å²) in [6.45, 7) is 2.48. The second-order valence-corrected chi connectivity index (χ2v) is 6.23. The van der Waals surface area contributed by atoms with Crippen molar-refractivity contribution in [3.05, 3.63) is 36.4 Å². The number of carbonyl (C=O) groups is 1. The Balaban J connectivity index is 1.66. The minimum Gasteiger partial charge on any atom is -0.486 e. The standard InChI is InChI=1S/C18H16N6O3/c1-10(25)23(12-4-2-3-11(19)7-12)18-21-17-20-13-8-15-16(27-6-5-26-15)9-14(13)24(17)22-18/h2-4,7-9H,5-6,19H2,1H3,(H,20,21,22). The number of hydrogen-bond acceptors (Lipinski definition) is 6. The van der Waals surface area contributed by atoms with E-state index >= 15 is 0 Å². The van der Waals surface area contributed by atoms with Crippen LogP contribution in [-0.4, -0.2) is 38.7 Å². The lowest BCUT2D eigenvalue weighted by Gasteiger charge is -2.18. The van der Waals surface area contributed by atoms with Crippen LogP contribution in [0.25, 0.3) is 16.8 Å². The number of carbonyl (C=O) groups excluding carboxylic acids is 1. The third-order valence-electron chi connectivity index (χ3n) is 4.37. The third-order valence-corrected chi connectivity index (χ3v) is 4.37. The maximum Gasteiger partial charge on any atom is 0.253 e. The molecule has 0 unspecified atom stereocenters. The van der Waals surface area contributed by atoms with Crippen LogP contribution < -0.4 is 20.1 Å². The Morgan fingerprint density at radius 3 is 2.70 bits per heavy atom. The zero-order valence-corrected chi connectivity index (χ0v) is 14.5. The largest absolute Gasteiger partial charge is 0.486 e. The topological polar surface area (TPSA) is 111 Å². The van der Waals surface area contributed by atoms with Crippen molar-refractivity contribution in [3.63, 3.8) is 0 Å². The maximum absolute atomic E-state index is 12.3. The highest BCUT2D eigenvalue weighted by Gasteiger charge is 2.22. The van der Waals surface area contributed by atoms with Crippen LogP contribution in [0.2, 0.25) is 0 Å². The Hall–Kier alpha value is -3.75. The van der Waals surface area contributed by atoms with Gasteiger partial charge in [0, 0.05) is 24.7 Å². The zero-order chi connectivity index (χ0) is 18.5. The molecule has 0 atom stereocenters. The number of H-pyrrole nitrogens is 1. The molecule has 2 aromatic heterocycles. The summed E-state index contributed by atoms with van der Waals surface area (Å²) in [4.78, 5) is 22.7. The fourth-order valence-electron chi connectivity index (χ4n) is 3.22. The van der Waals surface area contributed by atoms with Crippen LogP contribution >= 0.6 is 0 Å². The highest BCUT2D eigenvalue weighted by atomic mass is 16.6. The molecule has 3 heterocycles. The van der Waals surface area contributed by atoms with Gasteiger partial charge in [-0.25, -0.2) is 14.4 Å². The van der Waals surface area contributed by atoms with E-state index in [0.29, 0.717) is 47.8 Å². The highest BCUT2D eigenvalue weighted by molar-refractivity contribution is 5.98. The normalized spacial score (nSPS) is 13.2. The summed E-state index contributed by atoms with van der Waals surface area (Å²) in [7, 11) is 0. The monoisotopic (exact) mass is 364 g/mol. The molecule has 0 fully saturated rings. The average molecular weight is 364 g/mol. The van der Waals surface area contributed by atoms with E-state index in [0.717, 1.165) is 11.0 Å². The smallest absolute Gasteiger partial charge is 0.253 e. The van der Waals surface area contributed by atoms with E-state index in [2.05, 4.69) is 15.1 Å². The van der Waals surface area contributed by atoms with E-state index in [1.807, 2.05) is 12.1 Å². The summed E-state index contributed by atoms with van der Waals surface area (Å²) in [6.07, 6.45) is 0. The number of aromatic nitrogens is 4. The Kier molecular flexibility index (Phi) is 3.23. The van der Waals surface area contributed by atoms with Crippen molar-refractivity contribution in [2.75, 3.05) is 23.8 Å². The molecule has 5 rings (SSSR count). The molecule has 0 radical (unpaired) electrons. The molecule has 136 valence electrons. The Labute approximate surface area is 153 Å². The van der Waals surface area contributed by atoms with E-state index in [1.54, 1.807) is 28.8 Å². The lowest BCUT2D eigenvalue weighted by atomic mass is 10.2. The number of hydrogen-bond donors (Lipinski definition) is 2. The Morgan fingerprint density at radius 2 is 1.96 bits per heavy atom. The average Bonchev–Trinajstić information content (AvgIpc) is 3.17. The second-order valence-electron chi connectivity index (χ2n) is 6.23. The molecule has 3 N–H and O–H groups in total. The first kappa shape index (κ1) is 15.5. The first-order chi connectivity index (χ1) is 13.1. The van der Waals surface area contributed by atoms with E-state index in [9.17, 15) is 4.79 Å². The van der Waals surface area contributed by atoms with Crippen LogP contribution in [0.5, 0.6) is 11.5 Å². The number of aromatic amines is 1. The molecular formula is C18H16N6O3. The predicted octanol–water partition coefficient (Wildman–Crippen LogP) is 2.25. The van der Waals surface area contributed by atoms with Gasteiger partial charge < -0.3 is 15.2 Å². The van der Waals surface area contributed by atoms with Crippen molar-refractivity contribution >= 4 is 40.0 Å². The lowest BCUT2D eigenvalue weighted by molar-refractivity contribution is -0.115. The summed E-state index contributed by atoms with van der Waals surface area (Å²) >= 11 is 0. The van der Waals surface area contributed by atoms with Gasteiger partial charge in [-0.2, -0.15) is 4.98 Å². The first-order valence-corrected chi connectivity index (χ1v) is 8.44. The summed E-state index contributed by atoms with van der Waals surface area (Å²) in [5.41, 5.74) is 8.55. The molecule has 0 aliphatic carbocycles. The van der Waals surface area contributed by atoms with Gasteiger partial charge in [0.05, 0.1) is 16.7 Å². The molecule has 27 heavy (non-hydrogen) atoms. The van der Waals surface area contributed by atoms with Crippen LogP contribution in [-0.2, 0) is 4.79 Å². The van der Waals surface area contributed by atoms with E-state index in [4.69, 9.17) is 15.2 Å². The number of benzene rings is 2. The van der Waals surface area contributed by atoms with Crippen molar-refractivity contribution in [2.45, 2.75) is 6.92 Å². The van der Waals surface area contributed by atoms with Gasteiger partial charge in [-0.05, 0) is 18.2 Å². The summed E-state index contributed by atoms with van der Waals surface area (Å²) in [5, 5.41) is 3.14. The zero-order valence-electron chi connectivity index (χ0n) is 14.5. The number of fused-ring (bicyclic) bond motifs is 4.